The van der Waals surface area contributed by atoms with Crippen LogP contribution in [0.15, 0.2) is 24.3 Å². The summed E-state index contributed by atoms with van der Waals surface area (Å²) in [6.45, 7) is 7.50. The molecule has 2 aromatic rings. The first-order valence-corrected chi connectivity index (χ1v) is 7.94. The van der Waals surface area contributed by atoms with Crippen LogP contribution in [0.4, 0.5) is 0 Å². The number of hydrogen-bond acceptors (Lipinski definition) is 3. The summed E-state index contributed by atoms with van der Waals surface area (Å²) in [6, 6.07) is 7.20. The quantitative estimate of drug-likeness (QED) is 0.828. The van der Waals surface area contributed by atoms with Crippen molar-refractivity contribution >= 4 is 22.7 Å². The molecule has 2 aromatic carbocycles. The molecule has 0 radical (unpaired) electrons. The van der Waals surface area contributed by atoms with Crippen LogP contribution in [0.2, 0.25) is 0 Å². The van der Waals surface area contributed by atoms with Crippen molar-refractivity contribution in [3.63, 3.8) is 0 Å². The van der Waals surface area contributed by atoms with E-state index in [0.717, 1.165) is 5.39 Å². The van der Waals surface area contributed by atoms with Crippen LogP contribution in [0.1, 0.15) is 54.0 Å². The minimum atomic E-state index is -1.29. The molecule has 5 heteroatoms. The molecule has 5 nitrogen and oxygen atoms in total. The predicted octanol–water partition coefficient (Wildman–Crippen LogP) is 4.22. The third-order valence-corrected chi connectivity index (χ3v) is 3.67. The Morgan fingerprint density at radius 2 is 1.50 bits per heavy atom. The molecule has 0 fully saturated rings. The van der Waals surface area contributed by atoms with E-state index >= 15 is 0 Å². The van der Waals surface area contributed by atoms with Gasteiger partial charge in [-0.05, 0) is 37.1 Å². The number of ether oxygens (including phenoxy) is 1. The van der Waals surface area contributed by atoms with Crippen molar-refractivity contribution in [2.75, 3.05) is 0 Å². The van der Waals surface area contributed by atoms with Gasteiger partial charge < -0.3 is 14.9 Å². The molecule has 0 heterocycles. The summed E-state index contributed by atoms with van der Waals surface area (Å²) < 4.78 is 5.73. The lowest BCUT2D eigenvalue weighted by Crippen LogP contribution is -2.18. The lowest BCUT2D eigenvalue weighted by Gasteiger charge is -2.21. The third-order valence-electron chi connectivity index (χ3n) is 3.67. The van der Waals surface area contributed by atoms with Crippen LogP contribution in [0.5, 0.6) is 5.75 Å². The van der Waals surface area contributed by atoms with Gasteiger partial charge in [0.1, 0.15) is 11.3 Å². The van der Waals surface area contributed by atoms with Gasteiger partial charge in [-0.2, -0.15) is 0 Å². The van der Waals surface area contributed by atoms with Gasteiger partial charge >= 0.3 is 11.9 Å². The molecule has 0 spiro atoms. The van der Waals surface area contributed by atoms with Crippen LogP contribution in [-0.2, 0) is 6.42 Å². The highest BCUT2D eigenvalue weighted by Gasteiger charge is 2.29. The highest BCUT2D eigenvalue weighted by atomic mass is 16.5. The number of rotatable bonds is 6. The maximum absolute atomic E-state index is 11.9. The fourth-order valence-electron chi connectivity index (χ4n) is 2.90. The smallest absolute Gasteiger partial charge is 0.340 e. The van der Waals surface area contributed by atoms with Gasteiger partial charge in [0, 0.05) is 5.39 Å². The summed E-state index contributed by atoms with van der Waals surface area (Å²) in [5, 5.41) is 20.7. The van der Waals surface area contributed by atoms with Crippen LogP contribution < -0.4 is 4.74 Å². The highest BCUT2D eigenvalue weighted by molar-refractivity contribution is 6.12. The van der Waals surface area contributed by atoms with Gasteiger partial charge in [-0.1, -0.05) is 38.1 Å². The Morgan fingerprint density at radius 3 is 1.96 bits per heavy atom. The van der Waals surface area contributed by atoms with Crippen molar-refractivity contribution in [1.82, 2.24) is 0 Å². The van der Waals surface area contributed by atoms with Gasteiger partial charge in [0.05, 0.1) is 11.7 Å². The second-order valence-electron chi connectivity index (χ2n) is 6.48. The second-order valence-corrected chi connectivity index (χ2v) is 6.48. The lowest BCUT2D eigenvalue weighted by molar-refractivity contribution is 0.0645. The van der Waals surface area contributed by atoms with Crippen molar-refractivity contribution in [1.29, 1.82) is 0 Å². The molecule has 0 unspecified atom stereocenters. The summed E-state index contributed by atoms with van der Waals surface area (Å²) in [5.74, 6) is -2.23. The molecular formula is C19H22O5. The molecule has 24 heavy (non-hydrogen) atoms. The van der Waals surface area contributed by atoms with Gasteiger partial charge in [-0.3, -0.25) is 0 Å². The van der Waals surface area contributed by atoms with E-state index in [9.17, 15) is 19.8 Å². The van der Waals surface area contributed by atoms with Gasteiger partial charge in [-0.25, -0.2) is 9.59 Å². The van der Waals surface area contributed by atoms with Crippen molar-refractivity contribution < 1.29 is 24.5 Å². The van der Waals surface area contributed by atoms with E-state index in [-0.39, 0.29) is 28.9 Å². The van der Waals surface area contributed by atoms with E-state index in [4.69, 9.17) is 4.74 Å². The van der Waals surface area contributed by atoms with E-state index in [1.165, 1.54) is 0 Å². The average Bonchev–Trinajstić information content (AvgIpc) is 2.47. The molecule has 0 atom stereocenters. The van der Waals surface area contributed by atoms with Crippen LogP contribution >= 0.6 is 0 Å². The van der Waals surface area contributed by atoms with Crippen molar-refractivity contribution in [3.8, 4) is 5.75 Å². The Hall–Kier alpha value is -2.56. The van der Waals surface area contributed by atoms with E-state index in [0.29, 0.717) is 17.4 Å². The van der Waals surface area contributed by atoms with Crippen LogP contribution in [0, 0.1) is 5.92 Å². The molecule has 0 aliphatic heterocycles. The topological polar surface area (TPSA) is 83.8 Å². The van der Waals surface area contributed by atoms with Crippen molar-refractivity contribution in [3.05, 3.63) is 41.0 Å². The zero-order chi connectivity index (χ0) is 18.0. The van der Waals surface area contributed by atoms with E-state index in [1.807, 2.05) is 26.0 Å². The van der Waals surface area contributed by atoms with E-state index < -0.39 is 11.9 Å². The normalized spacial score (nSPS) is 11.2. The van der Waals surface area contributed by atoms with Gasteiger partial charge in [-0.15, -0.1) is 0 Å². The minimum absolute atomic E-state index is 0.123. The van der Waals surface area contributed by atoms with E-state index in [1.54, 1.807) is 26.0 Å². The number of hydrogen-bond donors (Lipinski definition) is 2. The van der Waals surface area contributed by atoms with Crippen LogP contribution in [-0.4, -0.2) is 28.3 Å². The number of carbonyl (C=O) groups is 2. The fraction of sp³-hybridized carbons (Fsp3) is 0.368. The second kappa shape index (κ2) is 6.91. The van der Waals surface area contributed by atoms with Crippen LogP contribution in [0.3, 0.4) is 0 Å². The molecule has 0 amide bonds. The van der Waals surface area contributed by atoms with Crippen molar-refractivity contribution in [2.45, 2.75) is 40.2 Å². The lowest BCUT2D eigenvalue weighted by atomic mass is 9.88. The van der Waals surface area contributed by atoms with Gasteiger partial charge in [0.15, 0.2) is 0 Å². The Labute approximate surface area is 140 Å². The highest BCUT2D eigenvalue weighted by Crippen LogP contribution is 2.38. The molecule has 0 aliphatic carbocycles. The molecule has 0 aliphatic rings. The number of aromatic carboxylic acids is 2. The summed E-state index contributed by atoms with van der Waals surface area (Å²) in [7, 11) is 0. The summed E-state index contributed by atoms with van der Waals surface area (Å²) in [6.07, 6.45) is 0.203. The standard InChI is InChI=1S/C19H22O5/c1-10(2)9-14-12-7-5-6-8-13(12)17(24-11(3)4)16(19(22)23)15(14)18(20)21/h5-8,10-11H,9H2,1-4H3,(H,20,21)(H,22,23). The summed E-state index contributed by atoms with van der Waals surface area (Å²) in [4.78, 5) is 23.8. The first kappa shape index (κ1) is 17.8. The third kappa shape index (κ3) is 3.35. The maximum Gasteiger partial charge on any atom is 0.340 e. The van der Waals surface area contributed by atoms with Gasteiger partial charge in [0.25, 0.3) is 0 Å². The zero-order valence-electron chi connectivity index (χ0n) is 14.3. The number of fused-ring (bicyclic) bond motifs is 1. The maximum atomic E-state index is 11.9. The summed E-state index contributed by atoms with van der Waals surface area (Å²) in [5.41, 5.74) is 0.0951. The predicted molar refractivity (Wildman–Crippen MR) is 92.2 cm³/mol. The molecule has 0 saturated heterocycles. The van der Waals surface area contributed by atoms with Crippen molar-refractivity contribution in [2.24, 2.45) is 5.92 Å². The Morgan fingerprint density at radius 1 is 0.958 bits per heavy atom. The molecule has 0 saturated carbocycles. The fourth-order valence-corrected chi connectivity index (χ4v) is 2.90. The molecule has 2 N–H and O–H groups in total. The first-order chi connectivity index (χ1) is 11.2. The first-order valence-electron chi connectivity index (χ1n) is 7.94. The Kier molecular flexibility index (Phi) is 5.12. The Bertz CT molecular complexity index is 723. The van der Waals surface area contributed by atoms with E-state index in [2.05, 4.69) is 0 Å². The molecule has 128 valence electrons. The number of carboxylic acid groups (broad SMARTS) is 2. The minimum Gasteiger partial charge on any atom is -0.489 e. The molecule has 2 rings (SSSR count). The number of carboxylic acids is 2. The largest absolute Gasteiger partial charge is 0.489 e. The van der Waals surface area contributed by atoms with Gasteiger partial charge in [0.2, 0.25) is 0 Å². The Balaban J connectivity index is 3.01. The molecular weight excluding hydrogens is 308 g/mol. The molecule has 0 aromatic heterocycles. The zero-order valence-corrected chi connectivity index (χ0v) is 14.3. The summed E-state index contributed by atoms with van der Waals surface area (Å²) >= 11 is 0. The average molecular weight is 330 g/mol. The number of benzene rings is 2. The monoisotopic (exact) mass is 330 g/mol. The molecule has 0 bridgehead atoms. The SMILES string of the molecule is CC(C)Cc1c(C(=O)O)c(C(=O)O)c(OC(C)C)c2ccccc12. The van der Waals surface area contributed by atoms with Crippen LogP contribution in [0.25, 0.3) is 10.8 Å².